The first-order valence-corrected chi connectivity index (χ1v) is 11.4. The molecule has 4 rings (SSSR count). The number of alkyl halides is 3. The average molecular weight is 496 g/mol. The smallest absolute Gasteiger partial charge is 0.422 e. The Hall–Kier alpha value is -3.15. The molecule has 0 spiro atoms. The maximum absolute atomic E-state index is 12.4. The summed E-state index contributed by atoms with van der Waals surface area (Å²) in [4.78, 5) is 26.8. The van der Waals surface area contributed by atoms with Gasteiger partial charge in [-0.3, -0.25) is 9.69 Å². The second kappa shape index (κ2) is 9.84. The second-order valence-electron chi connectivity index (χ2n) is 9.26. The molecule has 1 aromatic heterocycles. The molecule has 0 radical (unpaired) electrons. The molecule has 0 bridgehead atoms. The average Bonchev–Trinajstić information content (AvgIpc) is 3.20. The molecule has 2 aromatic rings. The van der Waals surface area contributed by atoms with Crippen LogP contribution in [-0.2, 0) is 16.1 Å². The number of amides is 1. The molecule has 1 aliphatic carbocycles. The molecular formula is C23H28F3N5O4. The minimum absolute atomic E-state index is 0.00822. The van der Waals surface area contributed by atoms with Crippen molar-refractivity contribution in [3.63, 3.8) is 0 Å². The third-order valence-electron chi connectivity index (χ3n) is 6.34. The van der Waals surface area contributed by atoms with Crippen molar-refractivity contribution in [2.24, 2.45) is 0 Å². The van der Waals surface area contributed by atoms with Crippen LogP contribution in [0.3, 0.4) is 0 Å². The Labute approximate surface area is 200 Å². The summed E-state index contributed by atoms with van der Waals surface area (Å²) in [6, 6.07) is 4.03. The van der Waals surface area contributed by atoms with Crippen LogP contribution in [0, 0.1) is 13.8 Å². The summed E-state index contributed by atoms with van der Waals surface area (Å²) < 4.78 is 47.2. The van der Waals surface area contributed by atoms with E-state index in [9.17, 15) is 22.8 Å². The number of benzene rings is 1. The molecule has 1 aliphatic heterocycles. The van der Waals surface area contributed by atoms with Gasteiger partial charge < -0.3 is 19.4 Å². The second-order valence-corrected chi connectivity index (χ2v) is 9.26. The maximum atomic E-state index is 12.4. The highest BCUT2D eigenvalue weighted by Gasteiger charge is 2.34. The largest absolute Gasteiger partial charge is 0.440 e. The molecule has 12 heteroatoms. The summed E-state index contributed by atoms with van der Waals surface area (Å²) in [6.45, 7) is 6.06. The van der Waals surface area contributed by atoms with E-state index in [0.29, 0.717) is 38.4 Å². The number of rotatable bonds is 6. The van der Waals surface area contributed by atoms with Crippen molar-refractivity contribution in [3.8, 4) is 0 Å². The van der Waals surface area contributed by atoms with Crippen LogP contribution < -0.4 is 5.32 Å². The van der Waals surface area contributed by atoms with Crippen LogP contribution in [0.4, 0.5) is 29.7 Å². The first kappa shape index (κ1) is 25.0. The summed E-state index contributed by atoms with van der Waals surface area (Å²) in [5, 5.41) is 11.3. The number of hydrogen-bond acceptors (Lipinski definition) is 8. The molecule has 1 saturated carbocycles. The monoisotopic (exact) mass is 495 g/mol. The predicted octanol–water partition coefficient (Wildman–Crippen LogP) is 4.08. The van der Waals surface area contributed by atoms with Gasteiger partial charge in [-0.05, 0) is 43.5 Å². The SMILES string of the molecule is Cc1cc(CN2CCN(C(=O)OCC(F)(F)F)[C@@H](C)C2)c(C)c(Nc2nnc(C3CC(=O)C3)o2)c1. The Morgan fingerprint density at radius 3 is 2.63 bits per heavy atom. The maximum Gasteiger partial charge on any atom is 0.422 e. The van der Waals surface area contributed by atoms with E-state index >= 15 is 0 Å². The number of nitrogens with zero attached hydrogens (tertiary/aromatic N) is 4. The van der Waals surface area contributed by atoms with Gasteiger partial charge in [-0.1, -0.05) is 11.2 Å². The molecule has 1 N–H and O–H groups in total. The molecule has 2 aliphatic rings. The number of piperazine rings is 1. The van der Waals surface area contributed by atoms with E-state index in [-0.39, 0.29) is 30.3 Å². The Morgan fingerprint density at radius 2 is 1.97 bits per heavy atom. The van der Waals surface area contributed by atoms with Crippen LogP contribution >= 0.6 is 0 Å². The zero-order chi connectivity index (χ0) is 25.3. The number of aryl methyl sites for hydroxylation is 1. The van der Waals surface area contributed by atoms with Crippen LogP contribution in [0.15, 0.2) is 16.5 Å². The minimum atomic E-state index is -4.55. The van der Waals surface area contributed by atoms with E-state index in [1.807, 2.05) is 19.9 Å². The van der Waals surface area contributed by atoms with Gasteiger partial charge in [0.05, 0.1) is 5.92 Å². The fourth-order valence-electron chi connectivity index (χ4n) is 4.37. The van der Waals surface area contributed by atoms with Crippen molar-refractivity contribution >= 4 is 23.6 Å². The first-order valence-electron chi connectivity index (χ1n) is 11.4. The van der Waals surface area contributed by atoms with Crippen molar-refractivity contribution in [2.75, 3.05) is 31.6 Å². The van der Waals surface area contributed by atoms with Crippen molar-refractivity contribution in [2.45, 2.75) is 58.3 Å². The topological polar surface area (TPSA) is 101 Å². The molecule has 1 saturated heterocycles. The van der Waals surface area contributed by atoms with Gasteiger partial charge in [-0.2, -0.15) is 13.2 Å². The molecule has 190 valence electrons. The van der Waals surface area contributed by atoms with Crippen LogP contribution in [0.2, 0.25) is 0 Å². The van der Waals surface area contributed by atoms with Gasteiger partial charge in [-0.15, -0.1) is 5.10 Å². The fourth-order valence-corrected chi connectivity index (χ4v) is 4.37. The lowest BCUT2D eigenvalue weighted by Crippen LogP contribution is -2.54. The lowest BCUT2D eigenvalue weighted by molar-refractivity contribution is -0.163. The third kappa shape index (κ3) is 6.11. The number of carbonyl (C=O) groups excluding carboxylic acids is 2. The van der Waals surface area contributed by atoms with E-state index in [0.717, 1.165) is 22.4 Å². The van der Waals surface area contributed by atoms with Gasteiger partial charge in [0.2, 0.25) is 5.89 Å². The zero-order valence-electron chi connectivity index (χ0n) is 19.8. The third-order valence-corrected chi connectivity index (χ3v) is 6.34. The molecule has 2 fully saturated rings. The molecule has 9 nitrogen and oxygen atoms in total. The summed E-state index contributed by atoms with van der Waals surface area (Å²) in [6.07, 6.45) is -4.63. The molecule has 2 heterocycles. The zero-order valence-corrected chi connectivity index (χ0v) is 19.8. The van der Waals surface area contributed by atoms with Crippen LogP contribution in [0.5, 0.6) is 0 Å². The summed E-state index contributed by atoms with van der Waals surface area (Å²) in [5.41, 5.74) is 3.91. The number of anilines is 2. The number of aromatic nitrogens is 2. The van der Waals surface area contributed by atoms with Gasteiger partial charge in [0.15, 0.2) is 6.61 Å². The number of ether oxygens (including phenoxy) is 1. The lowest BCUT2D eigenvalue weighted by Gasteiger charge is -2.39. The van der Waals surface area contributed by atoms with Crippen molar-refractivity contribution in [3.05, 3.63) is 34.7 Å². The number of ketones is 1. The number of hydrogen-bond donors (Lipinski definition) is 1. The normalized spacial score (nSPS) is 19.5. The Bertz CT molecular complexity index is 1100. The van der Waals surface area contributed by atoms with Gasteiger partial charge in [0, 0.05) is 50.7 Å². The minimum Gasteiger partial charge on any atom is -0.440 e. The first-order chi connectivity index (χ1) is 16.5. The van der Waals surface area contributed by atoms with E-state index in [4.69, 9.17) is 4.42 Å². The van der Waals surface area contributed by atoms with Crippen LogP contribution in [0.1, 0.15) is 48.3 Å². The number of carbonyl (C=O) groups is 2. The predicted molar refractivity (Wildman–Crippen MR) is 119 cm³/mol. The molecule has 35 heavy (non-hydrogen) atoms. The van der Waals surface area contributed by atoms with Gasteiger partial charge in [-0.25, -0.2) is 4.79 Å². The highest BCUT2D eigenvalue weighted by Crippen LogP contribution is 2.34. The molecular weight excluding hydrogens is 467 g/mol. The standard InChI is InChI=1S/C23H28F3N5O4/c1-13-6-17(11-30-4-5-31(14(2)10-30)22(33)34-12-23(24,25)26)15(3)19(7-13)27-21-29-28-20(35-21)16-8-18(32)9-16/h6-7,14,16H,4-5,8-12H2,1-3H3,(H,27,29)/t14-/m0/s1. The van der Waals surface area contributed by atoms with E-state index in [1.54, 1.807) is 6.92 Å². The van der Waals surface area contributed by atoms with Gasteiger partial charge in [0.1, 0.15) is 5.78 Å². The van der Waals surface area contributed by atoms with Crippen LogP contribution in [-0.4, -0.2) is 70.3 Å². The van der Waals surface area contributed by atoms with Crippen molar-refractivity contribution in [1.29, 1.82) is 0 Å². The Kier molecular flexibility index (Phi) is 7.02. The Balaban J connectivity index is 1.38. The lowest BCUT2D eigenvalue weighted by atomic mass is 9.84. The number of halogens is 3. The molecule has 1 atom stereocenters. The summed E-state index contributed by atoms with van der Waals surface area (Å²) >= 11 is 0. The highest BCUT2D eigenvalue weighted by molar-refractivity contribution is 5.86. The number of Topliss-reactive ketones (excluding diaryl/α,β-unsaturated/α-hetero) is 1. The van der Waals surface area contributed by atoms with Crippen LogP contribution in [0.25, 0.3) is 0 Å². The van der Waals surface area contributed by atoms with E-state index in [2.05, 4.69) is 31.2 Å². The molecule has 0 unspecified atom stereocenters. The van der Waals surface area contributed by atoms with Gasteiger partial charge in [0.25, 0.3) is 0 Å². The summed E-state index contributed by atoms with van der Waals surface area (Å²) in [7, 11) is 0. The molecule has 1 amide bonds. The highest BCUT2D eigenvalue weighted by atomic mass is 19.4. The molecule has 1 aromatic carbocycles. The number of nitrogens with one attached hydrogen (secondary N) is 1. The van der Waals surface area contributed by atoms with Crippen molar-refractivity contribution < 1.29 is 31.9 Å². The summed E-state index contributed by atoms with van der Waals surface area (Å²) in [5.74, 6) is 0.639. The fraction of sp³-hybridized carbons (Fsp3) is 0.565. The van der Waals surface area contributed by atoms with Gasteiger partial charge >= 0.3 is 18.3 Å². The quantitative estimate of drug-likeness (QED) is 0.640. The van der Waals surface area contributed by atoms with E-state index < -0.39 is 18.9 Å². The van der Waals surface area contributed by atoms with Crippen molar-refractivity contribution in [1.82, 2.24) is 20.0 Å². The Morgan fingerprint density at radius 1 is 1.23 bits per heavy atom. The van der Waals surface area contributed by atoms with E-state index in [1.165, 1.54) is 4.90 Å².